The first-order chi connectivity index (χ1) is 6.67. The highest BCUT2D eigenvalue weighted by molar-refractivity contribution is 6.33. The number of aliphatic hydroxyl groups is 1. The molecule has 0 aliphatic heterocycles. The third-order valence-corrected chi connectivity index (χ3v) is 2.94. The van der Waals surface area contributed by atoms with Gasteiger partial charge in [-0.2, -0.15) is 0 Å². The van der Waals surface area contributed by atoms with Crippen LogP contribution in [-0.2, 0) is 0 Å². The van der Waals surface area contributed by atoms with Crippen LogP contribution >= 0.6 is 11.6 Å². The van der Waals surface area contributed by atoms with Gasteiger partial charge in [-0.3, -0.25) is 0 Å². The topological polar surface area (TPSA) is 58.3 Å². The lowest BCUT2D eigenvalue weighted by Crippen LogP contribution is -2.26. The van der Waals surface area contributed by atoms with Crippen molar-refractivity contribution in [3.63, 3.8) is 0 Å². The van der Waals surface area contributed by atoms with E-state index in [0.717, 1.165) is 18.5 Å². The normalized spacial score (nSPS) is 17.9. The molecule has 0 amide bonds. The molecule has 0 unspecified atom stereocenters. The van der Waals surface area contributed by atoms with E-state index in [1.807, 2.05) is 12.1 Å². The van der Waals surface area contributed by atoms with E-state index in [1.165, 1.54) is 0 Å². The number of halogens is 1. The molecule has 1 fully saturated rings. The second-order valence-electron chi connectivity index (χ2n) is 3.76. The molecule has 1 saturated carbocycles. The zero-order chi connectivity index (χ0) is 10.2. The summed E-state index contributed by atoms with van der Waals surface area (Å²) in [5.41, 5.74) is 7.00. The van der Waals surface area contributed by atoms with E-state index in [9.17, 15) is 0 Å². The molecule has 14 heavy (non-hydrogen) atoms. The summed E-state index contributed by atoms with van der Waals surface area (Å²) in [5.74, 6) is 0. The lowest BCUT2D eigenvalue weighted by atomic mass is 10.2. The molecule has 0 radical (unpaired) electrons. The molecule has 0 spiro atoms. The molecule has 0 aromatic heterocycles. The molecular formula is C10H13ClN2O. The van der Waals surface area contributed by atoms with Gasteiger partial charge in [0.15, 0.2) is 0 Å². The van der Waals surface area contributed by atoms with Crippen LogP contribution in [0.15, 0.2) is 18.2 Å². The first-order valence-corrected chi connectivity index (χ1v) is 4.98. The van der Waals surface area contributed by atoms with Crippen molar-refractivity contribution in [1.82, 2.24) is 0 Å². The Bertz CT molecular complexity index is 350. The molecule has 76 valence electrons. The summed E-state index contributed by atoms with van der Waals surface area (Å²) in [4.78, 5) is 0. The molecule has 2 rings (SSSR count). The van der Waals surface area contributed by atoms with Crippen LogP contribution in [0.5, 0.6) is 0 Å². The molecule has 0 bridgehead atoms. The average Bonchev–Trinajstić information content (AvgIpc) is 2.94. The van der Waals surface area contributed by atoms with E-state index < -0.39 is 0 Å². The average molecular weight is 213 g/mol. The fraction of sp³-hybridized carbons (Fsp3) is 0.400. The number of nitrogens with one attached hydrogen (secondary N) is 1. The summed E-state index contributed by atoms with van der Waals surface area (Å²) in [6.45, 7) is 0.138. The van der Waals surface area contributed by atoms with Gasteiger partial charge in [0.05, 0.1) is 28.5 Å². The Morgan fingerprint density at radius 3 is 2.79 bits per heavy atom. The summed E-state index contributed by atoms with van der Waals surface area (Å²) in [6.07, 6.45) is 1.96. The van der Waals surface area contributed by atoms with Crippen LogP contribution in [0.25, 0.3) is 0 Å². The largest absolute Gasteiger partial charge is 0.396 e. The predicted molar refractivity (Wildman–Crippen MR) is 58.5 cm³/mol. The summed E-state index contributed by atoms with van der Waals surface area (Å²) < 4.78 is 0. The number of aliphatic hydroxyl groups excluding tert-OH is 1. The van der Waals surface area contributed by atoms with Crippen molar-refractivity contribution in [1.29, 1.82) is 0 Å². The van der Waals surface area contributed by atoms with Crippen molar-refractivity contribution < 1.29 is 5.11 Å². The number of rotatable bonds is 3. The lowest BCUT2D eigenvalue weighted by molar-refractivity contribution is 0.266. The van der Waals surface area contributed by atoms with Gasteiger partial charge in [-0.1, -0.05) is 17.7 Å². The lowest BCUT2D eigenvalue weighted by Gasteiger charge is -2.17. The molecule has 1 aliphatic carbocycles. The zero-order valence-corrected chi connectivity index (χ0v) is 8.51. The molecule has 1 aromatic rings. The highest BCUT2D eigenvalue weighted by atomic mass is 35.5. The van der Waals surface area contributed by atoms with E-state index in [0.29, 0.717) is 10.7 Å². The molecule has 4 N–H and O–H groups in total. The SMILES string of the molecule is Nc1c(Cl)cccc1NC1(CO)CC1. The Morgan fingerprint density at radius 1 is 1.50 bits per heavy atom. The van der Waals surface area contributed by atoms with Gasteiger partial charge < -0.3 is 16.2 Å². The van der Waals surface area contributed by atoms with E-state index >= 15 is 0 Å². The van der Waals surface area contributed by atoms with E-state index in [2.05, 4.69) is 5.32 Å². The zero-order valence-electron chi connectivity index (χ0n) is 7.76. The van der Waals surface area contributed by atoms with Gasteiger partial charge in [0.25, 0.3) is 0 Å². The standard InChI is InChI=1S/C10H13ClN2O/c11-7-2-1-3-8(9(7)12)13-10(6-14)4-5-10/h1-3,13-14H,4-6,12H2. The van der Waals surface area contributed by atoms with Crippen molar-refractivity contribution in [3.8, 4) is 0 Å². The van der Waals surface area contributed by atoms with E-state index in [-0.39, 0.29) is 12.1 Å². The summed E-state index contributed by atoms with van der Waals surface area (Å²) in [6, 6.07) is 5.46. The Kier molecular flexibility index (Phi) is 2.29. The smallest absolute Gasteiger partial charge is 0.0739 e. The highest BCUT2D eigenvalue weighted by Gasteiger charge is 2.42. The van der Waals surface area contributed by atoms with Gasteiger partial charge in [0.1, 0.15) is 0 Å². The number of hydrogen-bond acceptors (Lipinski definition) is 3. The number of anilines is 2. The van der Waals surface area contributed by atoms with Crippen molar-refractivity contribution in [2.24, 2.45) is 0 Å². The second kappa shape index (κ2) is 3.33. The van der Waals surface area contributed by atoms with E-state index in [1.54, 1.807) is 6.07 Å². The Balaban J connectivity index is 2.21. The minimum atomic E-state index is -0.154. The second-order valence-corrected chi connectivity index (χ2v) is 4.17. The maximum atomic E-state index is 9.14. The molecule has 4 heteroatoms. The number of hydrogen-bond donors (Lipinski definition) is 3. The number of nitrogens with two attached hydrogens (primary N) is 1. The third-order valence-electron chi connectivity index (χ3n) is 2.61. The van der Waals surface area contributed by atoms with Gasteiger partial charge in [0.2, 0.25) is 0 Å². The van der Waals surface area contributed by atoms with Crippen LogP contribution < -0.4 is 11.1 Å². The molecule has 0 atom stereocenters. The van der Waals surface area contributed by atoms with Crippen LogP contribution in [0.4, 0.5) is 11.4 Å². The van der Waals surface area contributed by atoms with Crippen molar-refractivity contribution in [3.05, 3.63) is 23.2 Å². The van der Waals surface area contributed by atoms with Crippen LogP contribution in [0.3, 0.4) is 0 Å². The van der Waals surface area contributed by atoms with Gasteiger partial charge in [0, 0.05) is 0 Å². The maximum Gasteiger partial charge on any atom is 0.0739 e. The molecule has 0 heterocycles. The molecule has 1 aliphatic rings. The fourth-order valence-corrected chi connectivity index (χ4v) is 1.58. The summed E-state index contributed by atoms with van der Waals surface area (Å²) >= 11 is 5.88. The van der Waals surface area contributed by atoms with Crippen LogP contribution in [0, 0.1) is 0 Å². The van der Waals surface area contributed by atoms with Crippen molar-refractivity contribution >= 4 is 23.0 Å². The number of benzene rings is 1. The molecule has 3 nitrogen and oxygen atoms in total. The predicted octanol–water partition coefficient (Wildman–Crippen LogP) is 1.86. The summed E-state index contributed by atoms with van der Waals surface area (Å²) in [7, 11) is 0. The first kappa shape index (κ1) is 9.62. The quantitative estimate of drug-likeness (QED) is 0.671. The highest BCUT2D eigenvalue weighted by Crippen LogP contribution is 2.40. The van der Waals surface area contributed by atoms with Gasteiger partial charge in [-0.05, 0) is 25.0 Å². The molecule has 0 saturated heterocycles. The van der Waals surface area contributed by atoms with Crippen LogP contribution in [-0.4, -0.2) is 17.3 Å². The molecule has 1 aromatic carbocycles. The van der Waals surface area contributed by atoms with E-state index in [4.69, 9.17) is 22.4 Å². The number of para-hydroxylation sites is 1. The molecular weight excluding hydrogens is 200 g/mol. The minimum Gasteiger partial charge on any atom is -0.396 e. The third kappa shape index (κ3) is 1.65. The van der Waals surface area contributed by atoms with Gasteiger partial charge in [-0.25, -0.2) is 0 Å². The van der Waals surface area contributed by atoms with Crippen molar-refractivity contribution in [2.45, 2.75) is 18.4 Å². The Hall–Kier alpha value is -0.930. The van der Waals surface area contributed by atoms with Crippen LogP contribution in [0.2, 0.25) is 5.02 Å². The number of nitrogen functional groups attached to an aromatic ring is 1. The maximum absolute atomic E-state index is 9.14. The minimum absolute atomic E-state index is 0.138. The Morgan fingerprint density at radius 2 is 2.21 bits per heavy atom. The first-order valence-electron chi connectivity index (χ1n) is 4.60. The van der Waals surface area contributed by atoms with Crippen LogP contribution in [0.1, 0.15) is 12.8 Å². The summed E-state index contributed by atoms with van der Waals surface area (Å²) in [5, 5.41) is 12.9. The monoisotopic (exact) mass is 212 g/mol. The fourth-order valence-electron chi connectivity index (χ4n) is 1.41. The van der Waals surface area contributed by atoms with Gasteiger partial charge >= 0.3 is 0 Å². The van der Waals surface area contributed by atoms with Gasteiger partial charge in [-0.15, -0.1) is 0 Å². The Labute approximate surface area is 87.9 Å². The van der Waals surface area contributed by atoms with Crippen molar-refractivity contribution in [2.75, 3.05) is 17.7 Å².